The average molecular weight is 291 g/mol. The number of benzene rings is 1. The quantitative estimate of drug-likeness (QED) is 0.920. The number of rotatable bonds is 3. The van der Waals surface area contributed by atoms with Crippen molar-refractivity contribution in [3.05, 3.63) is 30.3 Å². The molecule has 2 rings (SSSR count). The largest absolute Gasteiger partial charge is 0.329 e. The lowest BCUT2D eigenvalue weighted by Gasteiger charge is -2.33. The molecule has 4 nitrogen and oxygen atoms in total. The first-order valence-corrected chi connectivity index (χ1v) is 7.37. The summed E-state index contributed by atoms with van der Waals surface area (Å²) in [5.74, 6) is 0. The van der Waals surface area contributed by atoms with Crippen molar-refractivity contribution in [2.75, 3.05) is 13.1 Å². The van der Waals surface area contributed by atoms with Crippen LogP contribution < -0.4 is 5.73 Å². The predicted molar refractivity (Wildman–Crippen MR) is 74.3 cm³/mol. The van der Waals surface area contributed by atoms with Gasteiger partial charge in [0.15, 0.2) is 0 Å². The van der Waals surface area contributed by atoms with Crippen LogP contribution in [0.2, 0.25) is 0 Å². The minimum Gasteiger partial charge on any atom is -0.329 e. The summed E-state index contributed by atoms with van der Waals surface area (Å²) >= 11 is 0. The Balaban J connectivity index is 0.00000162. The zero-order chi connectivity index (χ0) is 12.3. The van der Waals surface area contributed by atoms with Gasteiger partial charge in [0.05, 0.1) is 4.90 Å². The van der Waals surface area contributed by atoms with Gasteiger partial charge in [0, 0.05) is 19.1 Å². The SMILES string of the molecule is Cl.NCC1CCCCN1S(=O)(=O)c1ccccc1. The van der Waals surface area contributed by atoms with Gasteiger partial charge in [-0.15, -0.1) is 12.4 Å². The van der Waals surface area contributed by atoms with Gasteiger partial charge in [-0.25, -0.2) is 8.42 Å². The van der Waals surface area contributed by atoms with Crippen LogP contribution in [0.4, 0.5) is 0 Å². The van der Waals surface area contributed by atoms with Crippen molar-refractivity contribution >= 4 is 22.4 Å². The summed E-state index contributed by atoms with van der Waals surface area (Å²) < 4.78 is 26.4. The lowest BCUT2D eigenvalue weighted by Crippen LogP contribution is -2.47. The van der Waals surface area contributed by atoms with E-state index in [0.717, 1.165) is 19.3 Å². The first-order chi connectivity index (χ1) is 8.16. The van der Waals surface area contributed by atoms with Crippen molar-refractivity contribution in [3.63, 3.8) is 0 Å². The highest BCUT2D eigenvalue weighted by Crippen LogP contribution is 2.24. The molecule has 0 bridgehead atoms. The maximum absolute atomic E-state index is 12.4. The summed E-state index contributed by atoms with van der Waals surface area (Å²) in [5.41, 5.74) is 5.66. The molecule has 1 heterocycles. The van der Waals surface area contributed by atoms with Crippen LogP contribution in [0.25, 0.3) is 0 Å². The molecule has 6 heteroatoms. The summed E-state index contributed by atoms with van der Waals surface area (Å²) in [6.45, 7) is 0.977. The van der Waals surface area contributed by atoms with Crippen molar-refractivity contribution < 1.29 is 8.42 Å². The molecule has 0 amide bonds. The zero-order valence-corrected chi connectivity index (χ0v) is 11.8. The summed E-state index contributed by atoms with van der Waals surface area (Å²) in [6, 6.07) is 8.53. The fraction of sp³-hybridized carbons (Fsp3) is 0.500. The zero-order valence-electron chi connectivity index (χ0n) is 10.2. The van der Waals surface area contributed by atoms with Gasteiger partial charge in [-0.2, -0.15) is 4.31 Å². The van der Waals surface area contributed by atoms with E-state index in [1.165, 1.54) is 0 Å². The molecule has 1 fully saturated rings. The number of nitrogens with zero attached hydrogens (tertiary/aromatic N) is 1. The summed E-state index contributed by atoms with van der Waals surface area (Å²) in [5, 5.41) is 0. The first-order valence-electron chi connectivity index (χ1n) is 5.93. The Bertz CT molecular complexity index is 464. The molecule has 1 aliphatic heterocycles. The molecular weight excluding hydrogens is 272 g/mol. The van der Waals surface area contributed by atoms with Crippen molar-refractivity contribution in [1.29, 1.82) is 0 Å². The number of nitrogens with two attached hydrogens (primary N) is 1. The average Bonchev–Trinajstić information content (AvgIpc) is 2.39. The second-order valence-electron chi connectivity index (χ2n) is 4.31. The number of hydrogen-bond donors (Lipinski definition) is 1. The second kappa shape index (κ2) is 6.52. The lowest BCUT2D eigenvalue weighted by atomic mass is 10.1. The Kier molecular flexibility index (Phi) is 5.59. The van der Waals surface area contributed by atoms with Crippen LogP contribution in [0, 0.1) is 0 Å². The van der Waals surface area contributed by atoms with Gasteiger partial charge in [-0.1, -0.05) is 24.6 Å². The van der Waals surface area contributed by atoms with Gasteiger partial charge >= 0.3 is 0 Å². The number of sulfonamides is 1. The molecule has 1 aromatic carbocycles. The van der Waals surface area contributed by atoms with Gasteiger partial charge < -0.3 is 5.73 Å². The first kappa shape index (κ1) is 15.4. The third kappa shape index (κ3) is 3.03. The van der Waals surface area contributed by atoms with E-state index >= 15 is 0 Å². The van der Waals surface area contributed by atoms with Crippen LogP contribution in [0.1, 0.15) is 19.3 Å². The monoisotopic (exact) mass is 290 g/mol. The Hall–Kier alpha value is -0.620. The van der Waals surface area contributed by atoms with Crippen molar-refractivity contribution in [1.82, 2.24) is 4.31 Å². The summed E-state index contributed by atoms with van der Waals surface area (Å²) in [6.07, 6.45) is 2.84. The smallest absolute Gasteiger partial charge is 0.243 e. The minimum atomic E-state index is -3.37. The molecule has 18 heavy (non-hydrogen) atoms. The summed E-state index contributed by atoms with van der Waals surface area (Å²) in [7, 11) is -3.37. The molecule has 0 spiro atoms. The fourth-order valence-electron chi connectivity index (χ4n) is 2.25. The van der Waals surface area contributed by atoms with E-state index in [-0.39, 0.29) is 18.4 Å². The third-order valence-electron chi connectivity index (χ3n) is 3.19. The molecule has 1 aliphatic rings. The van der Waals surface area contributed by atoms with Gasteiger partial charge in [0.1, 0.15) is 0 Å². The third-order valence-corrected chi connectivity index (χ3v) is 5.16. The van der Waals surface area contributed by atoms with E-state index in [1.54, 1.807) is 28.6 Å². The molecule has 1 unspecified atom stereocenters. The lowest BCUT2D eigenvalue weighted by molar-refractivity contribution is 0.257. The van der Waals surface area contributed by atoms with E-state index in [2.05, 4.69) is 0 Å². The maximum atomic E-state index is 12.4. The molecule has 0 aromatic heterocycles. The highest BCUT2D eigenvalue weighted by Gasteiger charge is 2.32. The van der Waals surface area contributed by atoms with Crippen molar-refractivity contribution in [2.24, 2.45) is 5.73 Å². The molecule has 0 saturated carbocycles. The van der Waals surface area contributed by atoms with Crippen LogP contribution in [0.15, 0.2) is 35.2 Å². The molecule has 1 saturated heterocycles. The molecule has 0 aliphatic carbocycles. The van der Waals surface area contributed by atoms with Gasteiger partial charge in [-0.3, -0.25) is 0 Å². The van der Waals surface area contributed by atoms with Crippen LogP contribution >= 0.6 is 12.4 Å². The van der Waals surface area contributed by atoms with Crippen molar-refractivity contribution in [3.8, 4) is 0 Å². The van der Waals surface area contributed by atoms with Gasteiger partial charge in [0.25, 0.3) is 0 Å². The van der Waals surface area contributed by atoms with E-state index in [0.29, 0.717) is 18.0 Å². The number of piperidine rings is 1. The van der Waals surface area contributed by atoms with Crippen LogP contribution in [0.3, 0.4) is 0 Å². The minimum absolute atomic E-state index is 0. The Labute approximate surface area is 115 Å². The van der Waals surface area contributed by atoms with Crippen LogP contribution in [0.5, 0.6) is 0 Å². The van der Waals surface area contributed by atoms with Crippen LogP contribution in [-0.2, 0) is 10.0 Å². The van der Waals surface area contributed by atoms with E-state index in [4.69, 9.17) is 5.73 Å². The molecule has 1 aromatic rings. The fourth-order valence-corrected chi connectivity index (χ4v) is 3.98. The molecule has 2 N–H and O–H groups in total. The predicted octanol–water partition coefficient (Wildman–Crippen LogP) is 1.61. The Morgan fingerprint density at radius 1 is 1.22 bits per heavy atom. The topological polar surface area (TPSA) is 63.4 Å². The molecule has 1 atom stereocenters. The summed E-state index contributed by atoms with van der Waals surface area (Å²) in [4.78, 5) is 0.361. The standard InChI is InChI=1S/C12H18N2O2S.ClH/c13-10-11-6-4-5-9-14(11)17(15,16)12-7-2-1-3-8-12;/h1-3,7-8,11H,4-6,9-10,13H2;1H. The van der Waals surface area contributed by atoms with Crippen LogP contribution in [-0.4, -0.2) is 31.9 Å². The van der Waals surface area contributed by atoms with E-state index in [1.807, 2.05) is 6.07 Å². The number of halogens is 1. The highest BCUT2D eigenvalue weighted by molar-refractivity contribution is 7.89. The maximum Gasteiger partial charge on any atom is 0.243 e. The normalized spacial score (nSPS) is 21.3. The van der Waals surface area contributed by atoms with E-state index < -0.39 is 10.0 Å². The Morgan fingerprint density at radius 3 is 2.50 bits per heavy atom. The van der Waals surface area contributed by atoms with E-state index in [9.17, 15) is 8.42 Å². The van der Waals surface area contributed by atoms with Gasteiger partial charge in [0.2, 0.25) is 10.0 Å². The molecule has 0 radical (unpaired) electrons. The number of hydrogen-bond acceptors (Lipinski definition) is 3. The Morgan fingerprint density at radius 2 is 1.89 bits per heavy atom. The molecular formula is C12H19ClN2O2S. The van der Waals surface area contributed by atoms with Gasteiger partial charge in [-0.05, 0) is 25.0 Å². The highest BCUT2D eigenvalue weighted by atomic mass is 35.5. The van der Waals surface area contributed by atoms with Crippen molar-refractivity contribution in [2.45, 2.75) is 30.2 Å². The second-order valence-corrected chi connectivity index (χ2v) is 6.20. The molecule has 102 valence electrons.